The molecule has 0 aliphatic rings. The minimum atomic E-state index is -3.01. The molecule has 1 N–H and O–H groups in total. The Balaban J connectivity index is 2.92. The second-order valence-corrected chi connectivity index (χ2v) is 4.67. The molecule has 0 aliphatic heterocycles. The molecule has 122 valence electrons. The molecule has 0 saturated carbocycles. The van der Waals surface area contributed by atoms with E-state index in [9.17, 15) is 18.4 Å². The first-order valence-electron chi connectivity index (χ1n) is 6.37. The third-order valence-corrected chi connectivity index (χ3v) is 2.94. The lowest BCUT2D eigenvalue weighted by molar-refractivity contribution is -0.141. The molecule has 0 fully saturated rings. The van der Waals surface area contributed by atoms with Crippen LogP contribution in [0.4, 0.5) is 8.78 Å². The Bertz CT molecular complexity index is 550. The summed E-state index contributed by atoms with van der Waals surface area (Å²) in [7, 11) is 2.72. The van der Waals surface area contributed by atoms with E-state index in [1.54, 1.807) is 0 Å². The molecule has 0 aromatic heterocycles. The molecule has 1 unspecified atom stereocenters. The summed E-state index contributed by atoms with van der Waals surface area (Å²) in [5.41, 5.74) is 0.179. The number of amides is 1. The Morgan fingerprint density at radius 2 is 1.95 bits per heavy atom. The van der Waals surface area contributed by atoms with Crippen LogP contribution in [0.2, 0.25) is 0 Å². The Morgan fingerprint density at radius 3 is 2.45 bits per heavy atom. The lowest BCUT2D eigenvalue weighted by atomic mass is 10.1. The van der Waals surface area contributed by atoms with Crippen LogP contribution >= 0.6 is 0 Å². The summed E-state index contributed by atoms with van der Waals surface area (Å²) in [6, 6.07) is 3.78. The molecular weight excluding hydrogens is 300 g/mol. The zero-order chi connectivity index (χ0) is 16.9. The maximum atomic E-state index is 12.2. The second kappa shape index (κ2) is 7.58. The van der Waals surface area contributed by atoms with Crippen LogP contribution in [0.5, 0.6) is 11.5 Å². The molecule has 1 amide bonds. The van der Waals surface area contributed by atoms with Crippen molar-refractivity contribution in [1.29, 1.82) is 0 Å². The predicted octanol–water partition coefficient (Wildman–Crippen LogP) is 2.09. The summed E-state index contributed by atoms with van der Waals surface area (Å²) < 4.78 is 33.6. The highest BCUT2D eigenvalue weighted by atomic mass is 19.3. The number of hydrogen-bond acceptors (Lipinski definition) is 4. The van der Waals surface area contributed by atoms with Gasteiger partial charge in [0.1, 0.15) is 0 Å². The lowest BCUT2D eigenvalue weighted by Crippen LogP contribution is -2.33. The van der Waals surface area contributed by atoms with Crippen molar-refractivity contribution in [2.75, 3.05) is 20.7 Å². The van der Waals surface area contributed by atoms with Gasteiger partial charge < -0.3 is 19.5 Å². The summed E-state index contributed by atoms with van der Waals surface area (Å²) in [6.45, 7) is -1.51. The predicted molar refractivity (Wildman–Crippen MR) is 73.4 cm³/mol. The number of alkyl halides is 2. The Labute approximate surface area is 126 Å². The van der Waals surface area contributed by atoms with E-state index in [-0.39, 0.29) is 23.6 Å². The van der Waals surface area contributed by atoms with Gasteiger partial charge in [-0.05, 0) is 18.2 Å². The van der Waals surface area contributed by atoms with Crippen molar-refractivity contribution >= 4 is 11.9 Å². The van der Waals surface area contributed by atoms with Crippen molar-refractivity contribution in [2.45, 2.75) is 13.5 Å². The number of carbonyl (C=O) groups excluding carboxylic acids is 1. The first-order chi connectivity index (χ1) is 10.3. The van der Waals surface area contributed by atoms with Gasteiger partial charge in [0.2, 0.25) is 0 Å². The van der Waals surface area contributed by atoms with Gasteiger partial charge in [-0.3, -0.25) is 9.59 Å². The summed E-state index contributed by atoms with van der Waals surface area (Å²) >= 11 is 0. The molecule has 1 atom stereocenters. The molecule has 0 heterocycles. The molecular formula is C14H17F2NO5. The molecule has 8 heteroatoms. The molecule has 0 radical (unpaired) electrons. The molecule has 0 aliphatic carbocycles. The fraction of sp³-hybridized carbons (Fsp3) is 0.429. The van der Waals surface area contributed by atoms with Crippen molar-refractivity contribution in [2.24, 2.45) is 5.92 Å². The van der Waals surface area contributed by atoms with Crippen LogP contribution in [0.1, 0.15) is 17.3 Å². The number of carbonyl (C=O) groups is 2. The van der Waals surface area contributed by atoms with Gasteiger partial charge in [0, 0.05) is 19.2 Å². The third-order valence-electron chi connectivity index (χ3n) is 2.94. The number of ether oxygens (including phenoxy) is 2. The molecule has 0 saturated heterocycles. The van der Waals surface area contributed by atoms with Crippen LogP contribution in [0.25, 0.3) is 0 Å². The molecule has 0 spiro atoms. The monoisotopic (exact) mass is 317 g/mol. The van der Waals surface area contributed by atoms with Crippen LogP contribution in [0.3, 0.4) is 0 Å². The zero-order valence-electron chi connectivity index (χ0n) is 12.4. The second-order valence-electron chi connectivity index (χ2n) is 4.67. The normalized spacial score (nSPS) is 11.9. The average molecular weight is 317 g/mol. The molecule has 0 bridgehead atoms. The maximum Gasteiger partial charge on any atom is 0.387 e. The number of aliphatic carboxylic acids is 1. The summed E-state index contributed by atoms with van der Waals surface area (Å²) in [4.78, 5) is 24.2. The minimum Gasteiger partial charge on any atom is -0.493 e. The van der Waals surface area contributed by atoms with Crippen molar-refractivity contribution < 1.29 is 33.0 Å². The van der Waals surface area contributed by atoms with Gasteiger partial charge >= 0.3 is 12.6 Å². The molecule has 22 heavy (non-hydrogen) atoms. The number of hydrogen-bond donors (Lipinski definition) is 1. The number of carboxylic acid groups (broad SMARTS) is 1. The Morgan fingerprint density at radius 1 is 1.32 bits per heavy atom. The van der Waals surface area contributed by atoms with Crippen LogP contribution in [0.15, 0.2) is 18.2 Å². The average Bonchev–Trinajstić information content (AvgIpc) is 2.45. The minimum absolute atomic E-state index is 0.00849. The quantitative estimate of drug-likeness (QED) is 0.833. The van der Waals surface area contributed by atoms with Crippen molar-refractivity contribution in [3.8, 4) is 11.5 Å². The van der Waals surface area contributed by atoms with Gasteiger partial charge in [-0.25, -0.2) is 0 Å². The van der Waals surface area contributed by atoms with Gasteiger partial charge in [0.25, 0.3) is 5.91 Å². The SMILES string of the molecule is COc1cc(C(=O)N(C)CC(C)C(=O)O)ccc1OC(F)F. The van der Waals surface area contributed by atoms with Crippen molar-refractivity contribution in [3.63, 3.8) is 0 Å². The van der Waals surface area contributed by atoms with Crippen molar-refractivity contribution in [1.82, 2.24) is 4.90 Å². The van der Waals surface area contributed by atoms with E-state index < -0.39 is 24.4 Å². The third kappa shape index (κ3) is 4.57. The molecule has 1 aromatic rings. The van der Waals surface area contributed by atoms with Crippen LogP contribution in [0, 0.1) is 5.92 Å². The first kappa shape index (κ1) is 17.7. The highest BCUT2D eigenvalue weighted by Crippen LogP contribution is 2.29. The Kier molecular flexibility index (Phi) is 6.09. The number of rotatable bonds is 7. The number of carboxylic acids is 1. The lowest BCUT2D eigenvalue weighted by Gasteiger charge is -2.20. The van der Waals surface area contributed by atoms with Gasteiger partial charge in [0.15, 0.2) is 11.5 Å². The van der Waals surface area contributed by atoms with Crippen LogP contribution in [-0.2, 0) is 4.79 Å². The zero-order valence-corrected chi connectivity index (χ0v) is 12.4. The van der Waals surface area contributed by atoms with Gasteiger partial charge in [0.05, 0.1) is 13.0 Å². The molecule has 1 aromatic carbocycles. The van der Waals surface area contributed by atoms with Crippen molar-refractivity contribution in [3.05, 3.63) is 23.8 Å². The van der Waals surface area contributed by atoms with E-state index in [1.807, 2.05) is 0 Å². The maximum absolute atomic E-state index is 12.2. The van der Waals surface area contributed by atoms with E-state index in [2.05, 4.69) is 4.74 Å². The molecule has 1 rings (SSSR count). The van der Waals surface area contributed by atoms with Crippen LogP contribution in [-0.4, -0.2) is 49.2 Å². The summed E-state index contributed by atoms with van der Waals surface area (Å²) in [6.07, 6.45) is 0. The summed E-state index contributed by atoms with van der Waals surface area (Å²) in [5, 5.41) is 8.84. The van der Waals surface area contributed by atoms with E-state index in [0.717, 1.165) is 0 Å². The van der Waals surface area contributed by atoms with E-state index >= 15 is 0 Å². The van der Waals surface area contributed by atoms with Gasteiger partial charge in [-0.2, -0.15) is 8.78 Å². The fourth-order valence-electron chi connectivity index (χ4n) is 1.79. The highest BCUT2D eigenvalue weighted by molar-refractivity contribution is 5.95. The van der Waals surface area contributed by atoms with Gasteiger partial charge in [-0.1, -0.05) is 6.92 Å². The number of benzene rings is 1. The van der Waals surface area contributed by atoms with Crippen LogP contribution < -0.4 is 9.47 Å². The highest BCUT2D eigenvalue weighted by Gasteiger charge is 2.20. The first-order valence-corrected chi connectivity index (χ1v) is 6.37. The van der Waals surface area contributed by atoms with Gasteiger partial charge in [-0.15, -0.1) is 0 Å². The van der Waals surface area contributed by atoms with E-state index in [1.165, 1.54) is 44.2 Å². The number of nitrogens with zero attached hydrogens (tertiary/aromatic N) is 1. The summed E-state index contributed by atoms with van der Waals surface area (Å²) in [5.74, 6) is -2.38. The Hall–Kier alpha value is -2.38. The number of halogens is 2. The topological polar surface area (TPSA) is 76.1 Å². The van der Waals surface area contributed by atoms with E-state index in [4.69, 9.17) is 9.84 Å². The standard InChI is InChI=1S/C14H17F2NO5/c1-8(13(19)20)7-17(2)12(18)9-4-5-10(22-14(15)16)11(6-9)21-3/h4-6,8,14H,7H2,1-3H3,(H,19,20). The largest absolute Gasteiger partial charge is 0.493 e. The van der Waals surface area contributed by atoms with E-state index in [0.29, 0.717) is 0 Å². The fourth-order valence-corrected chi connectivity index (χ4v) is 1.79. The number of methoxy groups -OCH3 is 1. The smallest absolute Gasteiger partial charge is 0.387 e. The molecule has 6 nitrogen and oxygen atoms in total.